The van der Waals surface area contributed by atoms with Gasteiger partial charge in [0.1, 0.15) is 11.4 Å². The number of carbonyl (C=O) groups excluding carboxylic acids is 2. The van der Waals surface area contributed by atoms with E-state index in [0.717, 1.165) is 16.9 Å². The molecular formula is C26H19F2N5O3S. The first-order chi connectivity index (χ1) is 17.8. The number of aryl methyl sites for hydroxylation is 1. The molecule has 0 bridgehead atoms. The van der Waals surface area contributed by atoms with Crippen LogP contribution in [0.2, 0.25) is 0 Å². The third-order valence-corrected chi connectivity index (χ3v) is 6.31. The van der Waals surface area contributed by atoms with Gasteiger partial charge in [-0.15, -0.1) is 0 Å². The van der Waals surface area contributed by atoms with Gasteiger partial charge in [-0.25, -0.2) is 13.8 Å². The second kappa shape index (κ2) is 11.0. The smallest absolute Gasteiger partial charge is 0.280 e. The Morgan fingerprint density at radius 3 is 2.51 bits per heavy atom. The number of carbonyl (C=O) groups is 2. The lowest BCUT2D eigenvalue weighted by molar-refractivity contribution is 0.0994. The van der Waals surface area contributed by atoms with Gasteiger partial charge in [-0.1, -0.05) is 23.5 Å². The maximum absolute atomic E-state index is 13.3. The van der Waals surface area contributed by atoms with E-state index in [0.29, 0.717) is 21.7 Å². The van der Waals surface area contributed by atoms with Crippen molar-refractivity contribution in [2.75, 3.05) is 12.4 Å². The van der Waals surface area contributed by atoms with Gasteiger partial charge < -0.3 is 4.74 Å². The third-order valence-electron chi connectivity index (χ3n) is 5.36. The maximum Gasteiger partial charge on any atom is 0.280 e. The lowest BCUT2D eigenvalue weighted by Gasteiger charge is -2.14. The summed E-state index contributed by atoms with van der Waals surface area (Å²) in [4.78, 5) is 38.2. The number of Topliss-reactive ketones (excluding diaryl/α,β-unsaturated/α-hetero) is 1. The van der Waals surface area contributed by atoms with Crippen LogP contribution in [0.1, 0.15) is 49.0 Å². The van der Waals surface area contributed by atoms with E-state index >= 15 is 0 Å². The first-order valence-corrected chi connectivity index (χ1v) is 11.7. The van der Waals surface area contributed by atoms with Crippen LogP contribution >= 0.6 is 11.3 Å². The molecule has 1 aromatic carbocycles. The molecule has 37 heavy (non-hydrogen) atoms. The number of rotatable bonds is 8. The predicted molar refractivity (Wildman–Crippen MR) is 133 cm³/mol. The lowest BCUT2D eigenvalue weighted by Crippen LogP contribution is -2.14. The molecule has 0 fully saturated rings. The number of benzene rings is 1. The molecule has 0 unspecified atom stereocenters. The zero-order valence-corrected chi connectivity index (χ0v) is 20.5. The molecule has 0 aliphatic carbocycles. The Kier molecular flexibility index (Phi) is 7.60. The van der Waals surface area contributed by atoms with Crippen LogP contribution in [0.3, 0.4) is 0 Å². The number of ketones is 1. The number of pyridine rings is 2. The Balaban J connectivity index is 1.57. The van der Waals surface area contributed by atoms with Crippen LogP contribution in [-0.4, -0.2) is 33.8 Å². The minimum atomic E-state index is -2.81. The van der Waals surface area contributed by atoms with Gasteiger partial charge in [0.25, 0.3) is 12.3 Å². The van der Waals surface area contributed by atoms with E-state index in [4.69, 9.17) is 10.00 Å². The molecule has 8 nitrogen and oxygen atoms in total. The molecule has 11 heteroatoms. The highest BCUT2D eigenvalue weighted by molar-refractivity contribution is 7.17. The highest BCUT2D eigenvalue weighted by Crippen LogP contribution is 2.35. The number of methoxy groups -OCH3 is 1. The molecule has 3 aromatic heterocycles. The average molecular weight is 520 g/mol. The molecule has 0 spiro atoms. The summed E-state index contributed by atoms with van der Waals surface area (Å²) >= 11 is 1.01. The maximum atomic E-state index is 13.3. The largest absolute Gasteiger partial charge is 0.494 e. The van der Waals surface area contributed by atoms with E-state index < -0.39 is 18.0 Å². The fraction of sp³-hybridized carbons (Fsp3) is 0.154. The summed E-state index contributed by atoms with van der Waals surface area (Å²) in [5, 5.41) is 11.7. The number of aromatic nitrogens is 3. The summed E-state index contributed by atoms with van der Waals surface area (Å²) in [6.45, 7) is 1.71. The van der Waals surface area contributed by atoms with E-state index in [1.165, 1.54) is 31.8 Å². The van der Waals surface area contributed by atoms with Crippen molar-refractivity contribution >= 4 is 28.2 Å². The van der Waals surface area contributed by atoms with Crippen LogP contribution in [0.4, 0.5) is 13.9 Å². The quantitative estimate of drug-likeness (QED) is 0.310. The van der Waals surface area contributed by atoms with Crippen molar-refractivity contribution < 1.29 is 23.1 Å². The number of nitrogens with one attached hydrogen (secondary N) is 1. The molecule has 4 rings (SSSR count). The number of hydrogen-bond donors (Lipinski definition) is 1. The topological polar surface area (TPSA) is 118 Å². The van der Waals surface area contributed by atoms with Gasteiger partial charge in [0.15, 0.2) is 10.9 Å². The summed E-state index contributed by atoms with van der Waals surface area (Å²) in [6, 6.07) is 11.5. The minimum absolute atomic E-state index is 0.107. The van der Waals surface area contributed by atoms with Crippen LogP contribution in [0.25, 0.3) is 11.1 Å². The number of anilines is 1. The standard InChI is InChI=1S/C26H19F2N5O3S/c1-14-7-17(18-9-20(24(27)28)31-12-22(18)36-2)19(11-30-14)25(35)33-26-32-13-23(37-26)21(34)8-15-3-5-16(10-29)6-4-15/h3-7,9,11-13,24H,8H2,1-2H3,(H,32,33,35). The number of ether oxygens (including phenoxy) is 1. The van der Waals surface area contributed by atoms with Crippen molar-refractivity contribution in [2.45, 2.75) is 19.8 Å². The molecule has 0 radical (unpaired) electrons. The number of halogens is 2. The zero-order chi connectivity index (χ0) is 26.5. The van der Waals surface area contributed by atoms with Crippen LogP contribution in [0, 0.1) is 18.3 Å². The van der Waals surface area contributed by atoms with Crippen molar-refractivity contribution in [1.29, 1.82) is 5.26 Å². The van der Waals surface area contributed by atoms with Gasteiger partial charge in [-0.2, -0.15) is 5.26 Å². The second-order valence-electron chi connectivity index (χ2n) is 7.87. The number of amides is 1. The molecule has 1 amide bonds. The molecule has 186 valence electrons. The Hall–Kier alpha value is -4.56. The van der Waals surface area contributed by atoms with Gasteiger partial charge >= 0.3 is 0 Å². The van der Waals surface area contributed by atoms with Crippen molar-refractivity contribution in [3.05, 3.63) is 87.9 Å². The summed E-state index contributed by atoms with van der Waals surface area (Å²) in [6.07, 6.45) is 1.21. The zero-order valence-electron chi connectivity index (χ0n) is 19.7. The normalized spacial score (nSPS) is 10.7. The summed E-state index contributed by atoms with van der Waals surface area (Å²) in [5.41, 5.74) is 2.05. The fourth-order valence-electron chi connectivity index (χ4n) is 3.51. The number of hydrogen-bond acceptors (Lipinski definition) is 8. The summed E-state index contributed by atoms with van der Waals surface area (Å²) < 4.78 is 31.9. The number of alkyl halides is 2. The van der Waals surface area contributed by atoms with E-state index in [9.17, 15) is 18.4 Å². The third kappa shape index (κ3) is 5.82. The molecule has 0 aliphatic rings. The highest BCUT2D eigenvalue weighted by Gasteiger charge is 2.21. The molecule has 0 atom stereocenters. The first-order valence-electron chi connectivity index (χ1n) is 10.9. The van der Waals surface area contributed by atoms with Gasteiger partial charge in [0, 0.05) is 29.4 Å². The molecule has 0 saturated heterocycles. The van der Waals surface area contributed by atoms with E-state index in [1.807, 2.05) is 6.07 Å². The second-order valence-corrected chi connectivity index (χ2v) is 8.90. The SMILES string of the molecule is COc1cnc(C(F)F)cc1-c1cc(C)ncc1C(=O)Nc1ncc(C(=O)Cc2ccc(C#N)cc2)s1. The molecule has 0 aliphatic heterocycles. The van der Waals surface area contributed by atoms with Crippen LogP contribution < -0.4 is 10.1 Å². The molecule has 3 heterocycles. The average Bonchev–Trinajstić information content (AvgIpc) is 3.37. The molecular weight excluding hydrogens is 500 g/mol. The Bertz CT molecular complexity index is 1510. The number of thiazole rings is 1. The molecule has 1 N–H and O–H groups in total. The van der Waals surface area contributed by atoms with Crippen molar-refractivity contribution in [3.8, 4) is 22.9 Å². The summed E-state index contributed by atoms with van der Waals surface area (Å²) in [5.74, 6) is -0.559. The molecule has 0 saturated carbocycles. The van der Waals surface area contributed by atoms with Crippen molar-refractivity contribution in [3.63, 3.8) is 0 Å². The van der Waals surface area contributed by atoms with Gasteiger partial charge in [0.05, 0.1) is 41.6 Å². The molecule has 4 aromatic rings. The van der Waals surface area contributed by atoms with Crippen LogP contribution in [-0.2, 0) is 6.42 Å². The summed E-state index contributed by atoms with van der Waals surface area (Å²) in [7, 11) is 1.38. The van der Waals surface area contributed by atoms with Crippen molar-refractivity contribution in [1.82, 2.24) is 15.0 Å². The van der Waals surface area contributed by atoms with Crippen molar-refractivity contribution in [2.24, 2.45) is 0 Å². The van der Waals surface area contributed by atoms with E-state index in [1.54, 1.807) is 37.3 Å². The van der Waals surface area contributed by atoms with Crippen LogP contribution in [0.15, 0.2) is 55.0 Å². The lowest BCUT2D eigenvalue weighted by atomic mass is 9.99. The minimum Gasteiger partial charge on any atom is -0.494 e. The predicted octanol–water partition coefficient (Wildman–Crippen LogP) is 5.40. The monoisotopic (exact) mass is 519 g/mol. The number of nitrogens with zero attached hydrogens (tertiary/aromatic N) is 4. The van der Waals surface area contributed by atoms with Gasteiger partial charge in [-0.3, -0.25) is 24.9 Å². The first kappa shape index (κ1) is 25.5. The van der Waals surface area contributed by atoms with Crippen LogP contribution in [0.5, 0.6) is 5.75 Å². The Morgan fingerprint density at radius 1 is 1.08 bits per heavy atom. The van der Waals surface area contributed by atoms with Gasteiger partial charge in [0.2, 0.25) is 0 Å². The highest BCUT2D eigenvalue weighted by atomic mass is 32.1. The number of nitriles is 1. The Labute approximate surface area is 214 Å². The fourth-order valence-corrected chi connectivity index (χ4v) is 4.26. The van der Waals surface area contributed by atoms with Gasteiger partial charge in [-0.05, 0) is 36.8 Å². The van der Waals surface area contributed by atoms with E-state index in [2.05, 4.69) is 20.3 Å². The Morgan fingerprint density at radius 2 is 1.84 bits per heavy atom. The van der Waals surface area contributed by atoms with E-state index in [-0.39, 0.29) is 34.2 Å².